The molecule has 1 aliphatic rings. The molecule has 0 saturated carbocycles. The molecule has 1 fully saturated rings. The molecule has 5 rings (SSSR count). The summed E-state index contributed by atoms with van der Waals surface area (Å²) in [6.45, 7) is 9.32. The molecule has 3 heterocycles. The molecule has 0 N–H and O–H groups in total. The van der Waals surface area contributed by atoms with Crippen LogP contribution >= 0.6 is 0 Å². The van der Waals surface area contributed by atoms with Crippen LogP contribution in [0.1, 0.15) is 37.0 Å². The maximum atomic E-state index is 8.97. The lowest BCUT2D eigenvalue weighted by atomic mass is 9.90. The molecule has 33 heavy (non-hydrogen) atoms. The fraction of sp³-hybridized carbons (Fsp3) is 0.333. The monoisotopic (exact) mass is 452 g/mol. The van der Waals surface area contributed by atoms with Gasteiger partial charge in [0.1, 0.15) is 7.05 Å². The van der Waals surface area contributed by atoms with Gasteiger partial charge in [0.05, 0.1) is 12.3 Å². The topological polar surface area (TPSA) is 16.8 Å². The molecule has 1 saturated heterocycles. The third-order valence-corrected chi connectivity index (χ3v) is 11.0. The first-order valence-electron chi connectivity index (χ1n) is 12.7. The molecule has 0 atom stereocenters. The Morgan fingerprint density at radius 1 is 1.00 bits per heavy atom. The van der Waals surface area contributed by atoms with Crippen LogP contribution in [-0.4, -0.2) is 13.1 Å². The molecule has 0 radical (unpaired) electrons. The SMILES string of the molecule is [2H]c1c(C)[n+](C)c(-c2cc(-c3cccnc3)ccc2C)c2ccc(C3CC[Si](C)(C)CC3)cc12. The van der Waals surface area contributed by atoms with Gasteiger partial charge >= 0.3 is 0 Å². The van der Waals surface area contributed by atoms with Crippen molar-refractivity contribution in [3.05, 3.63) is 83.8 Å². The Hall–Kier alpha value is -2.78. The number of pyridine rings is 2. The van der Waals surface area contributed by atoms with Crippen molar-refractivity contribution in [2.45, 2.75) is 57.8 Å². The molecule has 3 heteroatoms. The normalized spacial score (nSPS) is 16.7. The third-order valence-electron chi connectivity index (χ3n) is 7.75. The van der Waals surface area contributed by atoms with Crippen LogP contribution in [0.5, 0.6) is 0 Å². The van der Waals surface area contributed by atoms with Gasteiger partial charge < -0.3 is 0 Å². The lowest BCUT2D eigenvalue weighted by Gasteiger charge is -2.33. The van der Waals surface area contributed by atoms with Crippen LogP contribution in [0.15, 0.2) is 67.0 Å². The average Bonchev–Trinajstić information content (AvgIpc) is 2.84. The van der Waals surface area contributed by atoms with E-state index in [9.17, 15) is 0 Å². The smallest absolute Gasteiger partial charge is 0.220 e. The first-order chi connectivity index (χ1) is 16.2. The molecule has 168 valence electrons. The van der Waals surface area contributed by atoms with E-state index in [0.29, 0.717) is 12.0 Å². The quantitative estimate of drug-likeness (QED) is 0.231. The standard InChI is InChI=1S/C30H35N2Si/c1-21-8-9-25(26-7-6-14-31-20-26)19-29(21)30-28-11-10-24(18-27(28)17-22(2)32(30)3)23-12-15-33(4,5)16-13-23/h6-11,14,17-20,23H,12-13,15-16H2,1-5H3/q+1/i17D. The lowest BCUT2D eigenvalue weighted by Crippen LogP contribution is -2.35. The molecule has 4 aromatic rings. The van der Waals surface area contributed by atoms with Crippen molar-refractivity contribution >= 4 is 18.8 Å². The highest BCUT2D eigenvalue weighted by Crippen LogP contribution is 2.40. The summed E-state index contributed by atoms with van der Waals surface area (Å²) < 4.78 is 11.2. The number of benzene rings is 2. The van der Waals surface area contributed by atoms with Crippen LogP contribution in [0.3, 0.4) is 0 Å². The molecule has 2 nitrogen and oxygen atoms in total. The van der Waals surface area contributed by atoms with Crippen LogP contribution in [0.4, 0.5) is 0 Å². The van der Waals surface area contributed by atoms with Gasteiger partial charge in [-0.15, -0.1) is 0 Å². The van der Waals surface area contributed by atoms with Crippen molar-refractivity contribution in [3.63, 3.8) is 0 Å². The highest BCUT2D eigenvalue weighted by atomic mass is 28.3. The molecule has 0 unspecified atom stereocenters. The Kier molecular flexibility index (Phi) is 5.38. The van der Waals surface area contributed by atoms with E-state index in [0.717, 1.165) is 16.6 Å². The van der Waals surface area contributed by atoms with Crippen LogP contribution < -0.4 is 4.57 Å². The number of hydrogen-bond acceptors (Lipinski definition) is 1. The van der Waals surface area contributed by atoms with Crippen molar-refractivity contribution < 1.29 is 5.94 Å². The summed E-state index contributed by atoms with van der Waals surface area (Å²) >= 11 is 0. The molecule has 0 bridgehead atoms. The average molecular weight is 453 g/mol. The predicted octanol–water partition coefficient (Wildman–Crippen LogP) is 7.60. The predicted molar refractivity (Wildman–Crippen MR) is 142 cm³/mol. The highest BCUT2D eigenvalue weighted by molar-refractivity contribution is 6.77. The minimum absolute atomic E-state index is 0.637. The van der Waals surface area contributed by atoms with E-state index in [4.69, 9.17) is 1.37 Å². The molecule has 0 amide bonds. The summed E-state index contributed by atoms with van der Waals surface area (Å²) in [6, 6.07) is 21.2. The van der Waals surface area contributed by atoms with Gasteiger partial charge in [-0.1, -0.05) is 55.5 Å². The first-order valence-corrected chi connectivity index (χ1v) is 15.6. The Labute approximate surface area is 200 Å². The zero-order chi connectivity index (χ0) is 24.0. The first kappa shape index (κ1) is 20.8. The van der Waals surface area contributed by atoms with E-state index >= 15 is 0 Å². The fourth-order valence-corrected chi connectivity index (χ4v) is 7.91. The van der Waals surface area contributed by atoms with Gasteiger partial charge in [-0.3, -0.25) is 4.98 Å². The number of aryl methyl sites for hydroxylation is 1. The van der Waals surface area contributed by atoms with Gasteiger partial charge in [0, 0.05) is 39.0 Å². The molecular formula is C30H35N2Si+. The van der Waals surface area contributed by atoms with Crippen molar-refractivity contribution in [2.24, 2.45) is 7.05 Å². The summed E-state index contributed by atoms with van der Waals surface area (Å²) in [5.41, 5.74) is 8.36. The Morgan fingerprint density at radius 3 is 2.52 bits per heavy atom. The van der Waals surface area contributed by atoms with E-state index in [1.807, 2.05) is 18.5 Å². The van der Waals surface area contributed by atoms with Crippen molar-refractivity contribution in [1.82, 2.24) is 4.98 Å². The molecule has 0 aliphatic carbocycles. The molecular weight excluding hydrogens is 416 g/mol. The lowest BCUT2D eigenvalue weighted by molar-refractivity contribution is -0.665. The number of aromatic nitrogens is 2. The van der Waals surface area contributed by atoms with E-state index in [2.05, 4.69) is 86.0 Å². The third kappa shape index (κ3) is 4.27. The van der Waals surface area contributed by atoms with Gasteiger partial charge in [0.25, 0.3) is 0 Å². The second kappa shape index (κ2) is 8.53. The summed E-state index contributed by atoms with van der Waals surface area (Å²) in [6.07, 6.45) is 6.34. The summed E-state index contributed by atoms with van der Waals surface area (Å²) in [5, 5.41) is 2.25. The van der Waals surface area contributed by atoms with Gasteiger partial charge in [0.15, 0.2) is 5.69 Å². The number of hydrogen-bond donors (Lipinski definition) is 0. The van der Waals surface area contributed by atoms with E-state index < -0.39 is 8.07 Å². The Morgan fingerprint density at radius 2 is 1.79 bits per heavy atom. The van der Waals surface area contributed by atoms with Crippen molar-refractivity contribution in [1.29, 1.82) is 0 Å². The summed E-state index contributed by atoms with van der Waals surface area (Å²) in [7, 11) is 1.11. The zero-order valence-corrected chi connectivity index (χ0v) is 21.6. The fourth-order valence-electron chi connectivity index (χ4n) is 5.40. The molecule has 1 aliphatic heterocycles. The zero-order valence-electron chi connectivity index (χ0n) is 21.6. The van der Waals surface area contributed by atoms with Crippen LogP contribution in [0, 0.1) is 13.8 Å². The van der Waals surface area contributed by atoms with E-state index in [-0.39, 0.29) is 0 Å². The highest BCUT2D eigenvalue weighted by Gasteiger charge is 2.29. The van der Waals surface area contributed by atoms with Crippen molar-refractivity contribution in [2.75, 3.05) is 0 Å². The van der Waals surface area contributed by atoms with Gasteiger partial charge in [-0.2, -0.15) is 4.57 Å². The molecule has 2 aromatic heterocycles. The Bertz CT molecular complexity index is 1370. The van der Waals surface area contributed by atoms with Crippen LogP contribution in [0.2, 0.25) is 25.2 Å². The van der Waals surface area contributed by atoms with Gasteiger partial charge in [0.2, 0.25) is 5.69 Å². The number of fused-ring (bicyclic) bond motifs is 1. The van der Waals surface area contributed by atoms with Gasteiger partial charge in [-0.05, 0) is 66.0 Å². The minimum atomic E-state index is -0.984. The Balaban J connectivity index is 1.67. The molecule has 2 aromatic carbocycles. The maximum absolute atomic E-state index is 8.97. The van der Waals surface area contributed by atoms with Gasteiger partial charge in [-0.25, -0.2) is 0 Å². The summed E-state index contributed by atoms with van der Waals surface area (Å²) in [4.78, 5) is 4.31. The van der Waals surface area contributed by atoms with Crippen molar-refractivity contribution in [3.8, 4) is 22.4 Å². The van der Waals surface area contributed by atoms with E-state index in [1.165, 1.54) is 58.3 Å². The second-order valence-electron chi connectivity index (χ2n) is 10.6. The van der Waals surface area contributed by atoms with E-state index in [1.54, 1.807) is 0 Å². The molecule has 0 spiro atoms. The largest absolute Gasteiger partial charge is 0.264 e. The summed E-state index contributed by atoms with van der Waals surface area (Å²) in [5.74, 6) is 0.637. The van der Waals surface area contributed by atoms with Crippen LogP contribution in [0.25, 0.3) is 33.2 Å². The second-order valence-corrected chi connectivity index (χ2v) is 16.0. The maximum Gasteiger partial charge on any atom is 0.220 e. The minimum Gasteiger partial charge on any atom is -0.264 e. The number of nitrogens with zero attached hydrogens (tertiary/aromatic N) is 2. The van der Waals surface area contributed by atoms with Crippen LogP contribution in [-0.2, 0) is 7.05 Å². The number of rotatable bonds is 3.